The zero-order chi connectivity index (χ0) is 12.8. The monoisotopic (exact) mass is 247 g/mol. The molecule has 100 valence electrons. The van der Waals surface area contributed by atoms with Crippen LogP contribution in [0.1, 0.15) is 18.4 Å². The van der Waals surface area contributed by atoms with Crippen molar-refractivity contribution in [3.8, 4) is 0 Å². The number of anilines is 1. The van der Waals surface area contributed by atoms with Crippen molar-refractivity contribution in [1.82, 2.24) is 10.2 Å². The van der Waals surface area contributed by atoms with Crippen molar-refractivity contribution >= 4 is 5.69 Å². The average Bonchev–Trinajstić information content (AvgIpc) is 2.81. The standard InChI is InChI=1S/C15H25N3/c1-16-15-5-3-4-14(10-15)11-17-8-6-13-7-9-18(2)12-13/h3-5,10,13,16-17H,6-9,11-12H2,1-2H3. The predicted molar refractivity (Wildman–Crippen MR) is 77.9 cm³/mol. The van der Waals surface area contributed by atoms with E-state index in [1.807, 2.05) is 7.05 Å². The highest BCUT2D eigenvalue weighted by Crippen LogP contribution is 2.17. The van der Waals surface area contributed by atoms with Crippen molar-refractivity contribution in [2.24, 2.45) is 5.92 Å². The third kappa shape index (κ3) is 4.00. The van der Waals surface area contributed by atoms with Gasteiger partial charge in [0, 0.05) is 25.8 Å². The number of hydrogen-bond donors (Lipinski definition) is 2. The topological polar surface area (TPSA) is 27.3 Å². The Bertz CT molecular complexity index is 365. The molecule has 0 aliphatic carbocycles. The van der Waals surface area contributed by atoms with Crippen LogP contribution in [0.3, 0.4) is 0 Å². The highest BCUT2D eigenvalue weighted by atomic mass is 15.1. The Morgan fingerprint density at radius 1 is 1.39 bits per heavy atom. The van der Waals surface area contributed by atoms with Gasteiger partial charge in [-0.25, -0.2) is 0 Å². The molecule has 0 spiro atoms. The van der Waals surface area contributed by atoms with Crippen LogP contribution in [0.25, 0.3) is 0 Å². The fourth-order valence-electron chi connectivity index (χ4n) is 2.64. The zero-order valence-corrected chi connectivity index (χ0v) is 11.6. The third-order valence-electron chi connectivity index (χ3n) is 3.76. The van der Waals surface area contributed by atoms with Gasteiger partial charge in [-0.1, -0.05) is 12.1 Å². The number of nitrogens with one attached hydrogen (secondary N) is 2. The quantitative estimate of drug-likeness (QED) is 0.754. The van der Waals surface area contributed by atoms with Gasteiger partial charge in [-0.15, -0.1) is 0 Å². The first-order valence-corrected chi connectivity index (χ1v) is 6.94. The summed E-state index contributed by atoms with van der Waals surface area (Å²) < 4.78 is 0. The number of nitrogens with zero attached hydrogens (tertiary/aromatic N) is 1. The lowest BCUT2D eigenvalue weighted by atomic mass is 10.1. The van der Waals surface area contributed by atoms with Gasteiger partial charge < -0.3 is 15.5 Å². The summed E-state index contributed by atoms with van der Waals surface area (Å²) in [5.41, 5.74) is 2.54. The van der Waals surface area contributed by atoms with Crippen molar-refractivity contribution in [3.05, 3.63) is 29.8 Å². The van der Waals surface area contributed by atoms with Crippen LogP contribution in [0, 0.1) is 5.92 Å². The maximum Gasteiger partial charge on any atom is 0.0340 e. The van der Waals surface area contributed by atoms with Crippen molar-refractivity contribution < 1.29 is 0 Å². The van der Waals surface area contributed by atoms with Gasteiger partial charge in [0.25, 0.3) is 0 Å². The molecule has 0 amide bonds. The van der Waals surface area contributed by atoms with E-state index in [0.29, 0.717) is 0 Å². The minimum atomic E-state index is 0.895. The van der Waals surface area contributed by atoms with Gasteiger partial charge in [0.05, 0.1) is 0 Å². The lowest BCUT2D eigenvalue weighted by molar-refractivity contribution is 0.385. The number of benzene rings is 1. The minimum Gasteiger partial charge on any atom is -0.388 e. The van der Waals surface area contributed by atoms with Gasteiger partial charge >= 0.3 is 0 Å². The molecule has 1 heterocycles. The first-order valence-electron chi connectivity index (χ1n) is 6.94. The molecule has 1 fully saturated rings. The maximum absolute atomic E-state index is 3.55. The maximum atomic E-state index is 3.55. The molecule has 0 saturated carbocycles. The molecule has 1 atom stereocenters. The van der Waals surface area contributed by atoms with Crippen LogP contribution in [0.4, 0.5) is 5.69 Å². The summed E-state index contributed by atoms with van der Waals surface area (Å²) in [5, 5.41) is 6.72. The van der Waals surface area contributed by atoms with Crippen LogP contribution in [0.2, 0.25) is 0 Å². The number of likely N-dealkylation sites (tertiary alicyclic amines) is 1. The Morgan fingerprint density at radius 3 is 3.00 bits per heavy atom. The lowest BCUT2D eigenvalue weighted by Crippen LogP contribution is -2.20. The minimum absolute atomic E-state index is 0.895. The Hall–Kier alpha value is -1.06. The molecule has 2 N–H and O–H groups in total. The van der Waals surface area contributed by atoms with Gasteiger partial charge in [0.1, 0.15) is 0 Å². The van der Waals surface area contributed by atoms with Crippen LogP contribution < -0.4 is 10.6 Å². The van der Waals surface area contributed by atoms with Gasteiger partial charge in [-0.2, -0.15) is 0 Å². The first-order chi connectivity index (χ1) is 8.78. The Labute approximate surface area is 111 Å². The molecule has 0 radical (unpaired) electrons. The van der Waals surface area contributed by atoms with E-state index in [2.05, 4.69) is 46.8 Å². The van der Waals surface area contributed by atoms with E-state index in [9.17, 15) is 0 Å². The number of hydrogen-bond acceptors (Lipinski definition) is 3. The van der Waals surface area contributed by atoms with Crippen LogP contribution >= 0.6 is 0 Å². The molecule has 0 bridgehead atoms. The van der Waals surface area contributed by atoms with Crippen LogP contribution in [-0.2, 0) is 6.54 Å². The van der Waals surface area contributed by atoms with E-state index in [1.165, 1.54) is 37.2 Å². The highest BCUT2D eigenvalue weighted by molar-refractivity contribution is 5.44. The fourth-order valence-corrected chi connectivity index (χ4v) is 2.64. The van der Waals surface area contributed by atoms with E-state index in [4.69, 9.17) is 0 Å². The first kappa shape index (κ1) is 13.4. The molecule has 1 aromatic rings. The number of rotatable bonds is 6. The summed E-state index contributed by atoms with van der Waals surface area (Å²) >= 11 is 0. The third-order valence-corrected chi connectivity index (χ3v) is 3.76. The summed E-state index contributed by atoms with van der Waals surface area (Å²) in [4.78, 5) is 2.43. The molecule has 3 heteroatoms. The normalized spacial score (nSPS) is 20.2. The smallest absolute Gasteiger partial charge is 0.0340 e. The molecule has 18 heavy (non-hydrogen) atoms. The van der Waals surface area contributed by atoms with Gasteiger partial charge in [0.2, 0.25) is 0 Å². The predicted octanol–water partition coefficient (Wildman–Crippen LogP) is 2.16. The lowest BCUT2D eigenvalue weighted by Gasteiger charge is -2.11. The van der Waals surface area contributed by atoms with Crippen molar-refractivity contribution in [3.63, 3.8) is 0 Å². The molecular formula is C15H25N3. The summed E-state index contributed by atoms with van der Waals surface area (Å²) in [6.07, 6.45) is 2.67. The second-order valence-electron chi connectivity index (χ2n) is 5.33. The zero-order valence-electron chi connectivity index (χ0n) is 11.6. The Kier molecular flexibility index (Phi) is 5.02. The summed E-state index contributed by atoms with van der Waals surface area (Å²) in [6.45, 7) is 4.65. The van der Waals surface area contributed by atoms with E-state index in [-0.39, 0.29) is 0 Å². The van der Waals surface area contributed by atoms with Crippen LogP contribution in [-0.4, -0.2) is 38.6 Å². The second kappa shape index (κ2) is 6.76. The van der Waals surface area contributed by atoms with Crippen molar-refractivity contribution in [2.75, 3.05) is 39.0 Å². The second-order valence-corrected chi connectivity index (χ2v) is 5.33. The summed E-state index contributed by atoms with van der Waals surface area (Å²) in [6, 6.07) is 8.58. The van der Waals surface area contributed by atoms with E-state index >= 15 is 0 Å². The van der Waals surface area contributed by atoms with Crippen LogP contribution in [0.5, 0.6) is 0 Å². The molecule has 1 unspecified atom stereocenters. The molecule has 1 saturated heterocycles. The molecule has 1 aliphatic heterocycles. The van der Waals surface area contributed by atoms with E-state index < -0.39 is 0 Å². The van der Waals surface area contributed by atoms with Crippen molar-refractivity contribution in [2.45, 2.75) is 19.4 Å². The highest BCUT2D eigenvalue weighted by Gasteiger charge is 2.18. The Morgan fingerprint density at radius 2 is 2.28 bits per heavy atom. The van der Waals surface area contributed by atoms with E-state index in [1.54, 1.807) is 0 Å². The molecule has 3 nitrogen and oxygen atoms in total. The Balaban J connectivity index is 1.65. The summed E-state index contributed by atoms with van der Waals surface area (Å²) in [7, 11) is 4.18. The van der Waals surface area contributed by atoms with Crippen LogP contribution in [0.15, 0.2) is 24.3 Å². The molecule has 0 aromatic heterocycles. The molecule has 1 aromatic carbocycles. The SMILES string of the molecule is CNc1cccc(CNCCC2CCN(C)C2)c1. The fraction of sp³-hybridized carbons (Fsp3) is 0.600. The summed E-state index contributed by atoms with van der Waals surface area (Å²) in [5.74, 6) is 0.895. The molecular weight excluding hydrogens is 222 g/mol. The van der Waals surface area contributed by atoms with Gasteiger partial charge in [0.15, 0.2) is 0 Å². The van der Waals surface area contributed by atoms with Crippen molar-refractivity contribution in [1.29, 1.82) is 0 Å². The average molecular weight is 247 g/mol. The van der Waals surface area contributed by atoms with Gasteiger partial charge in [-0.05, 0) is 56.6 Å². The largest absolute Gasteiger partial charge is 0.388 e. The van der Waals surface area contributed by atoms with E-state index in [0.717, 1.165) is 19.0 Å². The molecule has 2 rings (SSSR count). The van der Waals surface area contributed by atoms with Gasteiger partial charge in [-0.3, -0.25) is 0 Å². The molecule has 1 aliphatic rings.